The van der Waals surface area contributed by atoms with Gasteiger partial charge >= 0.3 is 37.7 Å². The molecule has 0 aliphatic carbocycles. The minimum absolute atomic E-state index is 0. The van der Waals surface area contributed by atoms with E-state index in [4.69, 9.17) is 9.96 Å². The maximum absolute atomic E-state index is 4.84. The molecule has 0 aliphatic rings. The molecule has 90 valence electrons. The molecule has 0 fully saturated rings. The summed E-state index contributed by atoms with van der Waals surface area (Å²) in [6.45, 7) is 13.5. The molecule has 0 heterocycles. The summed E-state index contributed by atoms with van der Waals surface area (Å²) in [4.78, 5) is 9.69. The SMILES string of the molecule is C[Si](C)(C)[N-]c1ccccc1[N-][Si](C)(C)C.[Li+].[Li+]. The van der Waals surface area contributed by atoms with Crippen molar-refractivity contribution in [2.24, 2.45) is 0 Å². The van der Waals surface area contributed by atoms with Crippen molar-refractivity contribution in [1.82, 2.24) is 0 Å². The first-order valence-electron chi connectivity index (χ1n) is 5.72. The summed E-state index contributed by atoms with van der Waals surface area (Å²) in [7, 11) is -2.85. The fraction of sp³-hybridized carbons (Fsp3) is 0.500. The van der Waals surface area contributed by atoms with Gasteiger partial charge in [0.25, 0.3) is 0 Å². The van der Waals surface area contributed by atoms with Gasteiger partial charge in [0.05, 0.1) is 0 Å². The zero-order chi connectivity index (χ0) is 12.4. The summed E-state index contributed by atoms with van der Waals surface area (Å²) < 4.78 is 0. The smallest absolute Gasteiger partial charge is 0.688 e. The van der Waals surface area contributed by atoms with Crippen LogP contribution in [0.2, 0.25) is 39.3 Å². The van der Waals surface area contributed by atoms with E-state index in [0.29, 0.717) is 0 Å². The molecule has 1 aromatic carbocycles. The molecule has 1 aromatic rings. The quantitative estimate of drug-likeness (QED) is 0.648. The molecule has 0 amide bonds. The van der Waals surface area contributed by atoms with Gasteiger partial charge in [-0.3, -0.25) is 0 Å². The van der Waals surface area contributed by atoms with Gasteiger partial charge in [0.2, 0.25) is 0 Å². The van der Waals surface area contributed by atoms with E-state index in [1.165, 1.54) is 0 Å². The van der Waals surface area contributed by atoms with Gasteiger partial charge in [0.15, 0.2) is 0 Å². The third kappa shape index (κ3) is 8.53. The first kappa shape index (κ1) is 20.8. The molecule has 1 rings (SSSR count). The fourth-order valence-corrected chi connectivity index (χ4v) is 3.20. The van der Waals surface area contributed by atoms with E-state index in [1.54, 1.807) is 0 Å². The summed E-state index contributed by atoms with van der Waals surface area (Å²) in [6.07, 6.45) is 0. The van der Waals surface area contributed by atoms with Crippen LogP contribution < -0.4 is 37.7 Å². The van der Waals surface area contributed by atoms with Crippen LogP contribution in [0.15, 0.2) is 24.3 Å². The van der Waals surface area contributed by atoms with E-state index in [2.05, 4.69) is 51.4 Å². The molecule has 0 saturated heterocycles. The number of hydrogen-bond acceptors (Lipinski definition) is 0. The second-order valence-corrected chi connectivity index (χ2v) is 15.2. The van der Waals surface area contributed by atoms with E-state index in [0.717, 1.165) is 11.4 Å². The van der Waals surface area contributed by atoms with Crippen molar-refractivity contribution in [2.45, 2.75) is 39.3 Å². The van der Waals surface area contributed by atoms with Crippen molar-refractivity contribution in [3.8, 4) is 0 Å². The van der Waals surface area contributed by atoms with Crippen LogP contribution >= 0.6 is 0 Å². The van der Waals surface area contributed by atoms with Gasteiger partial charge < -0.3 is 9.96 Å². The Bertz CT molecular complexity index is 325. The van der Waals surface area contributed by atoms with Crippen molar-refractivity contribution in [3.05, 3.63) is 34.2 Å². The van der Waals surface area contributed by atoms with Gasteiger partial charge in [-0.1, -0.05) is 63.5 Å². The normalized spacial score (nSPS) is 11.0. The zero-order valence-corrected chi connectivity index (χ0v) is 15.2. The molecule has 0 atom stereocenters. The average Bonchev–Trinajstić information content (AvgIpc) is 2.03. The van der Waals surface area contributed by atoms with E-state index in [9.17, 15) is 0 Å². The largest absolute Gasteiger partial charge is 1.00 e. The Kier molecular flexibility index (Phi) is 9.11. The van der Waals surface area contributed by atoms with Crippen LogP contribution in [0.25, 0.3) is 9.96 Å². The Balaban J connectivity index is 0. The second kappa shape index (κ2) is 7.90. The van der Waals surface area contributed by atoms with Crippen molar-refractivity contribution in [3.63, 3.8) is 0 Å². The van der Waals surface area contributed by atoms with Gasteiger partial charge in [0, 0.05) is 0 Å². The molecule has 0 spiro atoms. The van der Waals surface area contributed by atoms with Crippen LogP contribution in [0, 0.1) is 0 Å². The Morgan fingerprint density at radius 2 is 0.944 bits per heavy atom. The van der Waals surface area contributed by atoms with Gasteiger partial charge in [-0.15, -0.1) is 0 Å². The van der Waals surface area contributed by atoms with Crippen LogP contribution in [0.1, 0.15) is 0 Å². The van der Waals surface area contributed by atoms with Crippen molar-refractivity contribution >= 4 is 27.8 Å². The monoisotopic (exact) mass is 264 g/mol. The molecular formula is C12H22Li2N2Si2. The molecule has 0 radical (unpaired) electrons. The summed E-state index contributed by atoms with van der Waals surface area (Å²) in [5, 5.41) is 0. The van der Waals surface area contributed by atoms with Crippen molar-refractivity contribution < 1.29 is 37.7 Å². The Labute approximate surface area is 138 Å². The fourth-order valence-electron chi connectivity index (χ4n) is 1.38. The maximum atomic E-state index is 4.84. The Morgan fingerprint density at radius 1 is 0.667 bits per heavy atom. The van der Waals surface area contributed by atoms with E-state index < -0.39 is 16.5 Å². The van der Waals surface area contributed by atoms with Crippen LogP contribution in [-0.4, -0.2) is 16.5 Å². The zero-order valence-electron chi connectivity index (χ0n) is 13.2. The summed E-state index contributed by atoms with van der Waals surface area (Å²) in [5.41, 5.74) is 2.15. The first-order valence-corrected chi connectivity index (χ1v) is 12.6. The number of nitrogens with zero attached hydrogens (tertiary/aromatic N) is 2. The van der Waals surface area contributed by atoms with Crippen LogP contribution in [0.4, 0.5) is 11.4 Å². The Morgan fingerprint density at radius 3 is 1.17 bits per heavy atom. The molecule has 0 aromatic heterocycles. The maximum Gasteiger partial charge on any atom is 1.00 e. The third-order valence-corrected chi connectivity index (χ3v) is 3.62. The molecule has 0 N–H and O–H groups in total. The molecule has 18 heavy (non-hydrogen) atoms. The van der Waals surface area contributed by atoms with Gasteiger partial charge in [-0.2, -0.15) is 11.4 Å². The van der Waals surface area contributed by atoms with Crippen molar-refractivity contribution in [2.75, 3.05) is 0 Å². The topological polar surface area (TPSA) is 28.2 Å². The van der Waals surface area contributed by atoms with Crippen molar-refractivity contribution in [1.29, 1.82) is 0 Å². The van der Waals surface area contributed by atoms with E-state index >= 15 is 0 Å². The second-order valence-electron chi connectivity index (χ2n) is 6.05. The number of benzene rings is 1. The average molecular weight is 264 g/mol. The number of rotatable bonds is 4. The van der Waals surface area contributed by atoms with Crippen LogP contribution in [0.5, 0.6) is 0 Å². The molecule has 0 aliphatic heterocycles. The molecular weight excluding hydrogens is 242 g/mol. The van der Waals surface area contributed by atoms with Gasteiger partial charge in [0.1, 0.15) is 0 Å². The minimum Gasteiger partial charge on any atom is -0.688 e. The third-order valence-electron chi connectivity index (χ3n) is 1.79. The molecule has 0 unspecified atom stereocenters. The predicted molar refractivity (Wildman–Crippen MR) is 79.2 cm³/mol. The molecule has 6 heteroatoms. The first-order chi connectivity index (χ1) is 7.17. The van der Waals surface area contributed by atoms with Crippen LogP contribution in [0.3, 0.4) is 0 Å². The summed E-state index contributed by atoms with van der Waals surface area (Å²) in [6, 6.07) is 8.25. The molecule has 0 saturated carbocycles. The van der Waals surface area contributed by atoms with Crippen LogP contribution in [-0.2, 0) is 0 Å². The minimum atomic E-state index is -1.42. The molecule has 0 bridgehead atoms. The van der Waals surface area contributed by atoms with Gasteiger partial charge in [-0.25, -0.2) is 0 Å². The van der Waals surface area contributed by atoms with E-state index in [-0.39, 0.29) is 37.7 Å². The molecule has 2 nitrogen and oxygen atoms in total. The van der Waals surface area contributed by atoms with Gasteiger partial charge in [-0.05, 0) is 16.5 Å². The standard InChI is InChI=1S/C12H22N2Si2.2Li/c1-15(2,3)13-11-9-7-8-10-12(11)14-16(4,5)6;;/h7-10H,1-6H3;;/q-2;2*+1. The predicted octanol–water partition coefficient (Wildman–Crippen LogP) is -0.625. The Hall–Kier alpha value is 0.449. The van der Waals surface area contributed by atoms with E-state index in [1.807, 2.05) is 12.1 Å². The summed E-state index contributed by atoms with van der Waals surface area (Å²) >= 11 is 0. The summed E-state index contributed by atoms with van der Waals surface area (Å²) in [5.74, 6) is 0. The number of hydrogen-bond donors (Lipinski definition) is 0.